The molecule has 6 nitrogen and oxygen atoms in total. The van der Waals surface area contributed by atoms with Crippen LogP contribution in [0.15, 0.2) is 0 Å². The molecule has 1 fully saturated rings. The fourth-order valence-electron chi connectivity index (χ4n) is 1.63. The molecule has 1 saturated heterocycles. The Hall–Kier alpha value is -1.31. The predicted octanol–water partition coefficient (Wildman–Crippen LogP) is 0.824. The standard InChI is InChI=1S/C11H15FO6S/c1-5(13)16-8-4-19-11(18-7(3)15)10(9(8)12)17-6(2)14/h8-11H,4H2,1-3H3/t8-,9+,10-,11+/m1/s1. The molecule has 0 radical (unpaired) electrons. The third-order valence-corrected chi connectivity index (χ3v) is 3.48. The van der Waals surface area contributed by atoms with Gasteiger partial charge in [0.1, 0.15) is 6.10 Å². The maximum atomic E-state index is 14.2. The van der Waals surface area contributed by atoms with Gasteiger partial charge in [0, 0.05) is 26.5 Å². The van der Waals surface area contributed by atoms with Gasteiger partial charge in [-0.15, -0.1) is 11.8 Å². The normalized spacial score (nSPS) is 30.3. The van der Waals surface area contributed by atoms with E-state index in [1.54, 1.807) is 0 Å². The molecular formula is C11H15FO6S. The van der Waals surface area contributed by atoms with E-state index >= 15 is 0 Å². The number of hydrogen-bond acceptors (Lipinski definition) is 7. The van der Waals surface area contributed by atoms with Gasteiger partial charge in [-0.25, -0.2) is 4.39 Å². The second-order valence-electron chi connectivity index (χ2n) is 3.98. The van der Waals surface area contributed by atoms with E-state index in [9.17, 15) is 18.8 Å². The molecule has 0 aromatic rings. The Labute approximate surface area is 113 Å². The van der Waals surface area contributed by atoms with Crippen LogP contribution in [0.5, 0.6) is 0 Å². The Morgan fingerprint density at radius 2 is 1.53 bits per heavy atom. The van der Waals surface area contributed by atoms with Crippen molar-refractivity contribution >= 4 is 29.7 Å². The summed E-state index contributed by atoms with van der Waals surface area (Å²) >= 11 is 1.06. The number of hydrogen-bond donors (Lipinski definition) is 0. The van der Waals surface area contributed by atoms with E-state index in [4.69, 9.17) is 14.2 Å². The monoisotopic (exact) mass is 294 g/mol. The second kappa shape index (κ2) is 6.74. The minimum atomic E-state index is -1.74. The van der Waals surface area contributed by atoms with Gasteiger partial charge in [0.05, 0.1) is 0 Å². The van der Waals surface area contributed by atoms with Crippen molar-refractivity contribution in [1.82, 2.24) is 0 Å². The van der Waals surface area contributed by atoms with Crippen LogP contribution in [0, 0.1) is 0 Å². The van der Waals surface area contributed by atoms with Crippen LogP contribution in [-0.2, 0) is 28.6 Å². The molecule has 1 aliphatic heterocycles. The highest BCUT2D eigenvalue weighted by Gasteiger charge is 2.46. The first-order valence-electron chi connectivity index (χ1n) is 5.58. The molecule has 0 saturated carbocycles. The van der Waals surface area contributed by atoms with Crippen molar-refractivity contribution in [2.75, 3.05) is 5.75 Å². The lowest BCUT2D eigenvalue weighted by Gasteiger charge is -2.36. The fourth-order valence-corrected chi connectivity index (χ4v) is 2.86. The molecule has 108 valence electrons. The Morgan fingerprint density at radius 3 is 2.00 bits per heavy atom. The van der Waals surface area contributed by atoms with E-state index in [1.165, 1.54) is 6.92 Å². The van der Waals surface area contributed by atoms with Crippen molar-refractivity contribution in [2.45, 2.75) is 44.6 Å². The van der Waals surface area contributed by atoms with Crippen molar-refractivity contribution in [3.8, 4) is 0 Å². The molecule has 19 heavy (non-hydrogen) atoms. The first-order valence-corrected chi connectivity index (χ1v) is 6.63. The molecule has 0 N–H and O–H groups in total. The highest BCUT2D eigenvalue weighted by Crippen LogP contribution is 2.33. The molecule has 0 aromatic carbocycles. The van der Waals surface area contributed by atoms with Crippen LogP contribution < -0.4 is 0 Å². The van der Waals surface area contributed by atoms with Gasteiger partial charge in [-0.3, -0.25) is 14.4 Å². The van der Waals surface area contributed by atoms with E-state index in [-0.39, 0.29) is 5.75 Å². The number of ether oxygens (including phenoxy) is 3. The Balaban J connectivity index is 2.79. The maximum Gasteiger partial charge on any atom is 0.303 e. The average molecular weight is 294 g/mol. The molecule has 1 heterocycles. The summed E-state index contributed by atoms with van der Waals surface area (Å²) in [5.74, 6) is -1.81. The molecule has 0 aromatic heterocycles. The number of rotatable bonds is 3. The zero-order valence-corrected chi connectivity index (χ0v) is 11.6. The lowest BCUT2D eigenvalue weighted by Crippen LogP contribution is -2.51. The molecule has 0 aliphatic carbocycles. The van der Waals surface area contributed by atoms with Crippen LogP contribution in [0.2, 0.25) is 0 Å². The summed E-state index contributed by atoms with van der Waals surface area (Å²) < 4.78 is 28.7. The Kier molecular flexibility index (Phi) is 5.59. The molecule has 0 unspecified atom stereocenters. The van der Waals surface area contributed by atoms with E-state index in [0.29, 0.717) is 0 Å². The molecule has 0 spiro atoms. The molecule has 1 aliphatic rings. The first-order chi connectivity index (χ1) is 8.81. The molecule has 1 rings (SSSR count). The number of carbonyl (C=O) groups excluding carboxylic acids is 3. The van der Waals surface area contributed by atoms with Crippen molar-refractivity contribution in [2.24, 2.45) is 0 Å². The van der Waals surface area contributed by atoms with Crippen LogP contribution in [0.25, 0.3) is 0 Å². The van der Waals surface area contributed by atoms with Gasteiger partial charge in [-0.05, 0) is 0 Å². The number of halogens is 1. The SMILES string of the molecule is CC(=O)O[C@@H]1[C@@H](F)[C@H](OC(C)=O)CS[C@@H]1OC(C)=O. The third-order valence-electron chi connectivity index (χ3n) is 2.26. The zero-order valence-electron chi connectivity index (χ0n) is 10.8. The number of thioether (sulfide) groups is 1. The Bertz CT molecular complexity index is 374. The van der Waals surface area contributed by atoms with Crippen molar-refractivity contribution in [3.05, 3.63) is 0 Å². The topological polar surface area (TPSA) is 78.9 Å². The van der Waals surface area contributed by atoms with Gasteiger partial charge in [0.25, 0.3) is 0 Å². The van der Waals surface area contributed by atoms with Crippen LogP contribution in [0.3, 0.4) is 0 Å². The average Bonchev–Trinajstić information content (AvgIpc) is 2.26. The van der Waals surface area contributed by atoms with Gasteiger partial charge in [0.2, 0.25) is 0 Å². The lowest BCUT2D eigenvalue weighted by atomic mass is 10.1. The van der Waals surface area contributed by atoms with Crippen molar-refractivity contribution in [3.63, 3.8) is 0 Å². The van der Waals surface area contributed by atoms with Crippen LogP contribution in [0.4, 0.5) is 4.39 Å². The molecule has 8 heteroatoms. The first kappa shape index (κ1) is 15.7. The summed E-state index contributed by atoms with van der Waals surface area (Å²) in [5.41, 5.74) is -0.941. The largest absolute Gasteiger partial charge is 0.458 e. The summed E-state index contributed by atoms with van der Waals surface area (Å²) in [6.45, 7) is 3.46. The Morgan fingerprint density at radius 1 is 1.00 bits per heavy atom. The van der Waals surface area contributed by atoms with E-state index < -0.39 is 41.7 Å². The molecule has 0 bridgehead atoms. The zero-order chi connectivity index (χ0) is 14.6. The predicted molar refractivity (Wildman–Crippen MR) is 64.0 cm³/mol. The van der Waals surface area contributed by atoms with E-state index in [1.807, 2.05) is 0 Å². The van der Waals surface area contributed by atoms with Crippen molar-refractivity contribution in [1.29, 1.82) is 0 Å². The summed E-state index contributed by atoms with van der Waals surface area (Å²) in [4.78, 5) is 32.8. The van der Waals surface area contributed by atoms with E-state index in [2.05, 4.69) is 0 Å². The van der Waals surface area contributed by atoms with Gasteiger partial charge in [-0.1, -0.05) is 0 Å². The van der Waals surface area contributed by atoms with Crippen LogP contribution in [-0.4, -0.2) is 47.5 Å². The third kappa shape index (κ3) is 4.70. The van der Waals surface area contributed by atoms with Gasteiger partial charge < -0.3 is 14.2 Å². The maximum absolute atomic E-state index is 14.2. The quantitative estimate of drug-likeness (QED) is 0.563. The van der Waals surface area contributed by atoms with Gasteiger partial charge >= 0.3 is 17.9 Å². The molecule has 4 atom stereocenters. The molecule has 0 amide bonds. The summed E-state index contributed by atoms with van der Waals surface area (Å²) in [6.07, 6.45) is -4.05. The second-order valence-corrected chi connectivity index (χ2v) is 5.11. The van der Waals surface area contributed by atoms with E-state index in [0.717, 1.165) is 25.6 Å². The smallest absolute Gasteiger partial charge is 0.303 e. The van der Waals surface area contributed by atoms with Gasteiger partial charge in [0.15, 0.2) is 17.7 Å². The lowest BCUT2D eigenvalue weighted by molar-refractivity contribution is -0.172. The minimum Gasteiger partial charge on any atom is -0.458 e. The number of alkyl halides is 1. The molecular weight excluding hydrogens is 279 g/mol. The summed E-state index contributed by atoms with van der Waals surface area (Å²) in [6, 6.07) is 0. The summed E-state index contributed by atoms with van der Waals surface area (Å²) in [5, 5.41) is 0. The number of esters is 3. The summed E-state index contributed by atoms with van der Waals surface area (Å²) in [7, 11) is 0. The van der Waals surface area contributed by atoms with Crippen LogP contribution in [0.1, 0.15) is 20.8 Å². The minimum absolute atomic E-state index is 0.121. The van der Waals surface area contributed by atoms with Crippen LogP contribution >= 0.6 is 11.8 Å². The highest BCUT2D eigenvalue weighted by atomic mass is 32.2. The van der Waals surface area contributed by atoms with Crippen molar-refractivity contribution < 1.29 is 33.0 Å². The van der Waals surface area contributed by atoms with Gasteiger partial charge in [-0.2, -0.15) is 0 Å². The highest BCUT2D eigenvalue weighted by molar-refractivity contribution is 7.99. The number of carbonyl (C=O) groups is 3. The fraction of sp³-hybridized carbons (Fsp3) is 0.727.